The summed E-state index contributed by atoms with van der Waals surface area (Å²) < 4.78 is 27.6. The van der Waals surface area contributed by atoms with Crippen LogP contribution in [-0.2, 0) is 21.4 Å². The molecule has 0 radical (unpaired) electrons. The molecule has 32 heavy (non-hydrogen) atoms. The van der Waals surface area contributed by atoms with E-state index >= 15 is 0 Å². The molecule has 2 aromatic rings. The SMILES string of the molecule is CC(C1CC1)N(Cc1ccccc1)C(=O)C1CCN(S(=O)(=O)c2ccccc2C#N)CC1. The zero-order valence-electron chi connectivity index (χ0n) is 18.4. The Balaban J connectivity index is 1.46. The Morgan fingerprint density at radius 2 is 1.69 bits per heavy atom. The van der Waals surface area contributed by atoms with Crippen molar-refractivity contribution in [3.63, 3.8) is 0 Å². The lowest BCUT2D eigenvalue weighted by molar-refractivity contribution is -0.140. The second-order valence-electron chi connectivity index (χ2n) is 8.82. The van der Waals surface area contributed by atoms with Gasteiger partial charge in [0.2, 0.25) is 15.9 Å². The number of nitriles is 1. The summed E-state index contributed by atoms with van der Waals surface area (Å²) in [7, 11) is -3.76. The second kappa shape index (κ2) is 9.43. The molecule has 1 aliphatic heterocycles. The van der Waals surface area contributed by atoms with E-state index in [4.69, 9.17) is 0 Å². The van der Waals surface area contributed by atoms with Crippen LogP contribution in [0.2, 0.25) is 0 Å². The largest absolute Gasteiger partial charge is 0.335 e. The Labute approximate surface area is 190 Å². The molecule has 0 bridgehead atoms. The molecule has 0 spiro atoms. The van der Waals surface area contributed by atoms with E-state index in [9.17, 15) is 18.5 Å². The zero-order chi connectivity index (χ0) is 22.7. The molecule has 2 aliphatic rings. The fourth-order valence-corrected chi connectivity index (χ4v) is 6.15. The molecule has 1 unspecified atom stereocenters. The van der Waals surface area contributed by atoms with E-state index in [-0.39, 0.29) is 41.4 Å². The van der Waals surface area contributed by atoms with Crippen molar-refractivity contribution in [3.05, 3.63) is 65.7 Å². The molecule has 7 heteroatoms. The Morgan fingerprint density at radius 1 is 1.06 bits per heavy atom. The maximum atomic E-state index is 13.5. The van der Waals surface area contributed by atoms with E-state index < -0.39 is 10.0 Å². The van der Waals surface area contributed by atoms with E-state index in [1.165, 1.54) is 16.4 Å². The number of carbonyl (C=O) groups is 1. The number of piperidine rings is 1. The van der Waals surface area contributed by atoms with Crippen molar-refractivity contribution in [2.24, 2.45) is 11.8 Å². The van der Waals surface area contributed by atoms with Crippen LogP contribution in [0.15, 0.2) is 59.5 Å². The molecular weight excluding hydrogens is 422 g/mol. The van der Waals surface area contributed by atoms with E-state index in [1.807, 2.05) is 41.3 Å². The van der Waals surface area contributed by atoms with E-state index in [0.29, 0.717) is 25.3 Å². The van der Waals surface area contributed by atoms with Crippen molar-refractivity contribution in [2.45, 2.75) is 50.1 Å². The topological polar surface area (TPSA) is 81.5 Å². The Kier molecular flexibility index (Phi) is 6.63. The van der Waals surface area contributed by atoms with Crippen LogP contribution in [0.25, 0.3) is 0 Å². The third kappa shape index (κ3) is 4.72. The van der Waals surface area contributed by atoms with Crippen LogP contribution in [0.3, 0.4) is 0 Å². The maximum absolute atomic E-state index is 13.5. The molecule has 1 heterocycles. The molecule has 4 rings (SSSR count). The molecule has 2 fully saturated rings. The minimum atomic E-state index is -3.76. The lowest BCUT2D eigenvalue weighted by Crippen LogP contribution is -2.47. The summed E-state index contributed by atoms with van der Waals surface area (Å²) in [6, 6.07) is 18.5. The van der Waals surface area contributed by atoms with Gasteiger partial charge in [-0.15, -0.1) is 0 Å². The summed E-state index contributed by atoms with van der Waals surface area (Å²) in [6.07, 6.45) is 3.31. The van der Waals surface area contributed by atoms with Crippen LogP contribution in [0, 0.1) is 23.2 Å². The van der Waals surface area contributed by atoms with Crippen LogP contribution in [0.1, 0.15) is 43.7 Å². The van der Waals surface area contributed by atoms with Crippen LogP contribution in [-0.4, -0.2) is 42.7 Å². The molecule has 168 valence electrons. The van der Waals surface area contributed by atoms with Crippen LogP contribution < -0.4 is 0 Å². The van der Waals surface area contributed by atoms with Crippen LogP contribution in [0.5, 0.6) is 0 Å². The quantitative estimate of drug-likeness (QED) is 0.641. The van der Waals surface area contributed by atoms with Gasteiger partial charge < -0.3 is 4.90 Å². The molecular formula is C25H29N3O3S. The molecule has 6 nitrogen and oxygen atoms in total. The first kappa shape index (κ1) is 22.5. The number of benzene rings is 2. The van der Waals surface area contributed by atoms with Gasteiger partial charge in [-0.1, -0.05) is 42.5 Å². The minimum absolute atomic E-state index is 0.0420. The van der Waals surface area contributed by atoms with Crippen LogP contribution in [0.4, 0.5) is 0 Å². The molecule has 1 saturated heterocycles. The Bertz CT molecular complexity index is 1100. The van der Waals surface area contributed by atoms with Gasteiger partial charge in [-0.25, -0.2) is 8.42 Å². The van der Waals surface area contributed by atoms with Crippen LogP contribution >= 0.6 is 0 Å². The van der Waals surface area contributed by atoms with Gasteiger partial charge in [-0.2, -0.15) is 9.57 Å². The molecule has 0 aromatic heterocycles. The predicted molar refractivity (Wildman–Crippen MR) is 122 cm³/mol. The lowest BCUT2D eigenvalue weighted by Gasteiger charge is -2.36. The molecule has 1 aliphatic carbocycles. The summed E-state index contributed by atoms with van der Waals surface area (Å²) >= 11 is 0. The highest BCUT2D eigenvalue weighted by atomic mass is 32.2. The van der Waals surface area contributed by atoms with Gasteiger partial charge in [-0.3, -0.25) is 4.79 Å². The summed E-state index contributed by atoms with van der Waals surface area (Å²) in [6.45, 7) is 3.30. The van der Waals surface area contributed by atoms with Gasteiger partial charge in [0.15, 0.2) is 0 Å². The standard InChI is InChI=1S/C25H29N3O3S/c1-19(21-11-12-21)28(18-20-7-3-2-4-8-20)25(29)22-13-15-27(16-14-22)32(30,31)24-10-6-5-9-23(24)17-26/h2-10,19,21-22H,11-16,18H2,1H3. The number of sulfonamides is 1. The number of hydrogen-bond donors (Lipinski definition) is 0. The third-order valence-corrected chi connectivity index (χ3v) is 8.66. The number of carbonyl (C=O) groups excluding carboxylic acids is 1. The highest BCUT2D eigenvalue weighted by Gasteiger charge is 2.39. The van der Waals surface area contributed by atoms with Gasteiger partial charge in [-0.05, 0) is 56.2 Å². The monoisotopic (exact) mass is 451 g/mol. The molecule has 1 atom stereocenters. The molecule has 2 aromatic carbocycles. The molecule has 1 saturated carbocycles. The van der Waals surface area contributed by atoms with Crippen molar-refractivity contribution >= 4 is 15.9 Å². The zero-order valence-corrected chi connectivity index (χ0v) is 19.2. The normalized spacial score (nSPS) is 18.6. The summed E-state index contributed by atoms with van der Waals surface area (Å²) in [5.41, 5.74) is 1.26. The van der Waals surface area contributed by atoms with Gasteiger partial charge in [0.25, 0.3) is 0 Å². The average molecular weight is 452 g/mol. The Morgan fingerprint density at radius 3 is 2.31 bits per heavy atom. The molecule has 0 N–H and O–H groups in total. The fourth-order valence-electron chi connectivity index (χ4n) is 4.54. The first-order chi connectivity index (χ1) is 15.4. The molecule has 1 amide bonds. The summed E-state index contributed by atoms with van der Waals surface area (Å²) in [5, 5.41) is 9.30. The third-order valence-electron chi connectivity index (χ3n) is 6.70. The first-order valence-electron chi connectivity index (χ1n) is 11.3. The smallest absolute Gasteiger partial charge is 0.244 e. The number of hydrogen-bond acceptors (Lipinski definition) is 4. The number of amides is 1. The van der Waals surface area contributed by atoms with Crippen molar-refractivity contribution < 1.29 is 13.2 Å². The van der Waals surface area contributed by atoms with E-state index in [1.54, 1.807) is 12.1 Å². The van der Waals surface area contributed by atoms with Crippen molar-refractivity contribution in [1.82, 2.24) is 9.21 Å². The van der Waals surface area contributed by atoms with Gasteiger partial charge in [0, 0.05) is 31.6 Å². The van der Waals surface area contributed by atoms with Crippen molar-refractivity contribution in [1.29, 1.82) is 5.26 Å². The van der Waals surface area contributed by atoms with Gasteiger partial charge >= 0.3 is 0 Å². The number of nitrogens with zero attached hydrogens (tertiary/aromatic N) is 3. The van der Waals surface area contributed by atoms with Crippen molar-refractivity contribution in [3.8, 4) is 6.07 Å². The van der Waals surface area contributed by atoms with E-state index in [2.05, 4.69) is 6.92 Å². The fraction of sp³-hybridized carbons (Fsp3) is 0.440. The summed E-state index contributed by atoms with van der Waals surface area (Å²) in [5.74, 6) is 0.505. The second-order valence-corrected chi connectivity index (χ2v) is 10.7. The highest BCUT2D eigenvalue weighted by molar-refractivity contribution is 7.89. The Hall–Kier alpha value is -2.69. The van der Waals surface area contributed by atoms with Crippen molar-refractivity contribution in [2.75, 3.05) is 13.1 Å². The minimum Gasteiger partial charge on any atom is -0.335 e. The predicted octanol–water partition coefficient (Wildman–Crippen LogP) is 3.79. The first-order valence-corrected chi connectivity index (χ1v) is 12.7. The highest BCUT2D eigenvalue weighted by Crippen LogP contribution is 2.37. The average Bonchev–Trinajstić information content (AvgIpc) is 3.68. The number of rotatable bonds is 7. The maximum Gasteiger partial charge on any atom is 0.244 e. The van der Waals surface area contributed by atoms with E-state index in [0.717, 1.165) is 18.4 Å². The van der Waals surface area contributed by atoms with Gasteiger partial charge in [0.05, 0.1) is 10.5 Å². The lowest BCUT2D eigenvalue weighted by atomic mass is 9.95. The van der Waals surface area contributed by atoms with Gasteiger partial charge in [0.1, 0.15) is 6.07 Å². The summed E-state index contributed by atoms with van der Waals surface area (Å²) in [4.78, 5) is 15.6.